The zero-order chi connectivity index (χ0) is 24.4. The maximum atomic E-state index is 13.3. The van der Waals surface area contributed by atoms with E-state index in [4.69, 9.17) is 0 Å². The van der Waals surface area contributed by atoms with Crippen molar-refractivity contribution in [3.8, 4) is 0 Å². The van der Waals surface area contributed by atoms with E-state index in [1.807, 2.05) is 38.1 Å². The van der Waals surface area contributed by atoms with Crippen molar-refractivity contribution in [3.63, 3.8) is 0 Å². The molecule has 0 bridgehead atoms. The van der Waals surface area contributed by atoms with Crippen LogP contribution >= 0.6 is 0 Å². The summed E-state index contributed by atoms with van der Waals surface area (Å²) >= 11 is 0. The molecule has 35 heavy (non-hydrogen) atoms. The number of hydrogen-bond acceptors (Lipinski definition) is 5. The summed E-state index contributed by atoms with van der Waals surface area (Å²) < 4.78 is 2.75. The molecule has 0 saturated heterocycles. The molecule has 8 heteroatoms. The van der Waals surface area contributed by atoms with E-state index in [9.17, 15) is 9.59 Å². The second-order valence-electron chi connectivity index (χ2n) is 9.26. The number of nitrogens with one attached hydrogen (secondary N) is 1. The number of rotatable bonds is 7. The topological polar surface area (TPSA) is 84.5 Å². The average molecular weight is 471 g/mol. The lowest BCUT2D eigenvalue weighted by Crippen LogP contribution is -2.38. The summed E-state index contributed by atoms with van der Waals surface area (Å²) in [4.78, 5) is 32.8. The molecule has 1 aliphatic heterocycles. The number of aromatic nitrogens is 4. The Balaban J connectivity index is 1.32. The maximum absolute atomic E-state index is 13.3. The van der Waals surface area contributed by atoms with E-state index in [1.165, 1.54) is 25.8 Å². The minimum absolute atomic E-state index is 0.0108. The van der Waals surface area contributed by atoms with Crippen LogP contribution < -0.4 is 15.9 Å². The highest BCUT2D eigenvalue weighted by Gasteiger charge is 2.23. The second kappa shape index (κ2) is 9.74. The number of benzene rings is 2. The van der Waals surface area contributed by atoms with E-state index >= 15 is 0 Å². The third kappa shape index (κ3) is 4.96. The predicted octanol–water partition coefficient (Wildman–Crippen LogP) is 2.90. The SMILES string of the molecule is Cc1cc2nn(CC(=O)NC(C)CCc3ccccc3)c(=O)n2c(N2CCc3ccccc3C2)n1. The fraction of sp³-hybridized carbons (Fsp3) is 0.333. The van der Waals surface area contributed by atoms with Crippen LogP contribution in [0.5, 0.6) is 0 Å². The summed E-state index contributed by atoms with van der Waals surface area (Å²) in [5, 5.41) is 7.45. The van der Waals surface area contributed by atoms with E-state index in [0.717, 1.165) is 31.5 Å². The molecule has 0 aliphatic carbocycles. The first kappa shape index (κ1) is 22.8. The fourth-order valence-corrected chi connectivity index (χ4v) is 4.67. The second-order valence-corrected chi connectivity index (χ2v) is 9.26. The van der Waals surface area contributed by atoms with Crippen LogP contribution in [0.4, 0.5) is 5.95 Å². The molecule has 2 aromatic carbocycles. The van der Waals surface area contributed by atoms with Gasteiger partial charge >= 0.3 is 5.69 Å². The van der Waals surface area contributed by atoms with Crippen LogP contribution in [0.1, 0.15) is 35.7 Å². The van der Waals surface area contributed by atoms with Crippen molar-refractivity contribution < 1.29 is 4.79 Å². The van der Waals surface area contributed by atoms with E-state index in [-0.39, 0.29) is 24.2 Å². The molecule has 0 saturated carbocycles. The third-order valence-electron chi connectivity index (χ3n) is 6.50. The monoisotopic (exact) mass is 470 g/mol. The summed E-state index contributed by atoms with van der Waals surface area (Å²) in [6, 6.07) is 20.3. The fourth-order valence-electron chi connectivity index (χ4n) is 4.67. The van der Waals surface area contributed by atoms with E-state index < -0.39 is 0 Å². The minimum atomic E-state index is -0.353. The van der Waals surface area contributed by atoms with Crippen LogP contribution in [-0.4, -0.2) is 37.7 Å². The number of hydrogen-bond donors (Lipinski definition) is 1. The highest BCUT2D eigenvalue weighted by Crippen LogP contribution is 2.23. The first-order valence-corrected chi connectivity index (χ1v) is 12.1. The van der Waals surface area contributed by atoms with Gasteiger partial charge in [-0.1, -0.05) is 54.6 Å². The summed E-state index contributed by atoms with van der Waals surface area (Å²) in [6.45, 7) is 5.19. The molecule has 180 valence electrons. The molecule has 1 aliphatic rings. The molecular formula is C27H30N6O2. The average Bonchev–Trinajstić information content (AvgIpc) is 3.16. The molecule has 1 N–H and O–H groups in total. The van der Waals surface area contributed by atoms with Gasteiger partial charge in [0.15, 0.2) is 5.65 Å². The van der Waals surface area contributed by atoms with Crippen molar-refractivity contribution in [2.45, 2.75) is 52.2 Å². The Bertz CT molecular complexity index is 1410. The molecule has 1 amide bonds. The quantitative estimate of drug-likeness (QED) is 0.449. The highest BCUT2D eigenvalue weighted by molar-refractivity contribution is 5.76. The van der Waals surface area contributed by atoms with E-state index in [1.54, 1.807) is 6.07 Å². The molecular weight excluding hydrogens is 440 g/mol. The van der Waals surface area contributed by atoms with Crippen LogP contribution in [-0.2, 0) is 30.7 Å². The molecule has 8 nitrogen and oxygen atoms in total. The number of carbonyl (C=O) groups is 1. The Kier molecular flexibility index (Phi) is 6.35. The number of fused-ring (bicyclic) bond motifs is 2. The minimum Gasteiger partial charge on any atom is -0.352 e. The molecule has 0 spiro atoms. The van der Waals surface area contributed by atoms with Gasteiger partial charge in [-0.25, -0.2) is 18.9 Å². The van der Waals surface area contributed by atoms with Crippen molar-refractivity contribution in [1.82, 2.24) is 24.5 Å². The van der Waals surface area contributed by atoms with Crippen molar-refractivity contribution in [2.75, 3.05) is 11.4 Å². The molecule has 5 rings (SSSR count). The largest absolute Gasteiger partial charge is 0.353 e. The smallest absolute Gasteiger partial charge is 0.352 e. The predicted molar refractivity (Wildman–Crippen MR) is 136 cm³/mol. The number of amides is 1. The summed E-state index contributed by atoms with van der Waals surface area (Å²) in [6.07, 6.45) is 2.59. The Morgan fingerprint density at radius 1 is 1.09 bits per heavy atom. The first-order valence-electron chi connectivity index (χ1n) is 12.1. The molecule has 4 aromatic rings. The van der Waals surface area contributed by atoms with Gasteiger partial charge in [0, 0.05) is 30.9 Å². The van der Waals surface area contributed by atoms with Gasteiger partial charge in [0.05, 0.1) is 0 Å². The number of anilines is 1. The number of aryl methyl sites for hydroxylation is 2. The van der Waals surface area contributed by atoms with Crippen molar-refractivity contribution in [2.24, 2.45) is 0 Å². The Morgan fingerprint density at radius 3 is 2.63 bits per heavy atom. The van der Waals surface area contributed by atoms with Gasteiger partial charge in [-0.3, -0.25) is 4.79 Å². The van der Waals surface area contributed by atoms with Crippen molar-refractivity contribution in [3.05, 3.63) is 93.5 Å². The van der Waals surface area contributed by atoms with Crippen LogP contribution in [0.2, 0.25) is 0 Å². The van der Waals surface area contributed by atoms with Gasteiger partial charge in [-0.15, -0.1) is 5.10 Å². The van der Waals surface area contributed by atoms with Gasteiger partial charge in [0.1, 0.15) is 6.54 Å². The zero-order valence-electron chi connectivity index (χ0n) is 20.1. The molecule has 2 aromatic heterocycles. The van der Waals surface area contributed by atoms with Crippen molar-refractivity contribution in [1.29, 1.82) is 0 Å². The van der Waals surface area contributed by atoms with E-state index in [0.29, 0.717) is 18.1 Å². The van der Waals surface area contributed by atoms with Gasteiger partial charge < -0.3 is 10.2 Å². The van der Waals surface area contributed by atoms with Gasteiger partial charge in [-0.05, 0) is 49.8 Å². The van der Waals surface area contributed by atoms with Crippen LogP contribution in [0.3, 0.4) is 0 Å². The lowest BCUT2D eigenvalue weighted by Gasteiger charge is -2.29. The molecule has 0 fully saturated rings. The van der Waals surface area contributed by atoms with Crippen LogP contribution in [0.25, 0.3) is 5.65 Å². The third-order valence-corrected chi connectivity index (χ3v) is 6.50. The van der Waals surface area contributed by atoms with Crippen molar-refractivity contribution >= 4 is 17.5 Å². The molecule has 0 radical (unpaired) electrons. The highest BCUT2D eigenvalue weighted by atomic mass is 16.2. The lowest BCUT2D eigenvalue weighted by atomic mass is 10.0. The normalized spacial score (nSPS) is 14.1. The standard InChI is InChI=1S/C27H30N6O2/c1-19(12-13-21-8-4-3-5-9-21)28-25(34)18-32-27(35)33-24(30-32)16-20(2)29-26(33)31-15-14-22-10-6-7-11-23(22)17-31/h3-11,16,19H,12-15,17-18H2,1-2H3,(H,28,34). The van der Waals surface area contributed by atoms with Crippen LogP contribution in [0, 0.1) is 6.92 Å². The summed E-state index contributed by atoms with van der Waals surface area (Å²) in [7, 11) is 0. The zero-order valence-corrected chi connectivity index (χ0v) is 20.1. The Hall–Kier alpha value is -3.94. The molecule has 1 atom stereocenters. The Labute approximate surface area is 204 Å². The summed E-state index contributed by atoms with van der Waals surface area (Å²) in [5.41, 5.74) is 4.73. The number of nitrogens with zero attached hydrogens (tertiary/aromatic N) is 5. The van der Waals surface area contributed by atoms with Gasteiger partial charge in [0.25, 0.3) is 0 Å². The maximum Gasteiger partial charge on any atom is 0.353 e. The molecule has 1 unspecified atom stereocenters. The van der Waals surface area contributed by atoms with Gasteiger partial charge in [0.2, 0.25) is 11.9 Å². The first-order chi connectivity index (χ1) is 17.0. The van der Waals surface area contributed by atoms with Gasteiger partial charge in [-0.2, -0.15) is 0 Å². The van der Waals surface area contributed by atoms with Crippen LogP contribution in [0.15, 0.2) is 65.5 Å². The Morgan fingerprint density at radius 2 is 1.83 bits per heavy atom. The van der Waals surface area contributed by atoms with E-state index in [2.05, 4.69) is 50.6 Å². The summed E-state index contributed by atoms with van der Waals surface area (Å²) in [5.74, 6) is 0.344. The molecule has 3 heterocycles. The number of carbonyl (C=O) groups excluding carboxylic acids is 1. The lowest BCUT2D eigenvalue weighted by molar-refractivity contribution is -0.122.